The second kappa shape index (κ2) is 14.3. The molecule has 0 unspecified atom stereocenters. The smallest absolute Gasteiger partial charge is 0.122 e. The van der Waals surface area contributed by atoms with E-state index in [1.165, 1.54) is 71.9 Å². The Hall–Kier alpha value is -3.93. The van der Waals surface area contributed by atoms with Crippen molar-refractivity contribution in [3.63, 3.8) is 0 Å². The molecule has 0 fully saturated rings. The van der Waals surface area contributed by atoms with E-state index in [4.69, 9.17) is 4.74 Å². The lowest BCUT2D eigenvalue weighted by Crippen LogP contribution is -2.51. The van der Waals surface area contributed by atoms with Crippen molar-refractivity contribution >= 4 is 27.2 Å². The van der Waals surface area contributed by atoms with E-state index in [0.29, 0.717) is 6.61 Å². The van der Waals surface area contributed by atoms with E-state index in [2.05, 4.69) is 193 Å². The molecule has 0 aromatic heterocycles. The van der Waals surface area contributed by atoms with Crippen molar-refractivity contribution in [1.82, 2.24) is 0 Å². The van der Waals surface area contributed by atoms with Crippen molar-refractivity contribution in [3.05, 3.63) is 137 Å². The Morgan fingerprint density at radius 2 is 1.06 bits per heavy atom. The Balaban J connectivity index is 1.61. The van der Waals surface area contributed by atoms with Crippen LogP contribution in [0, 0.1) is 6.92 Å². The largest absolute Gasteiger partial charge is 0.489 e. The number of hydrogen-bond acceptors (Lipinski definition) is 1. The molecule has 1 nitrogen and oxygen atoms in total. The molecule has 54 heavy (non-hydrogen) atoms. The van der Waals surface area contributed by atoms with Crippen LogP contribution in [0.1, 0.15) is 101 Å². The highest BCUT2D eigenvalue weighted by atomic mass is 28.3. The van der Waals surface area contributed by atoms with Gasteiger partial charge in [-0.3, -0.25) is 0 Å². The Kier molecular flexibility index (Phi) is 10.5. The van der Waals surface area contributed by atoms with Crippen molar-refractivity contribution in [1.29, 1.82) is 0 Å². The first-order chi connectivity index (χ1) is 25.1. The molecule has 0 atom stereocenters. The normalized spacial score (nSPS) is 13.6. The minimum absolute atomic E-state index is 0.0569. The third-order valence-corrected chi connectivity index (χ3v) is 17.5. The van der Waals surface area contributed by atoms with Gasteiger partial charge in [0.2, 0.25) is 0 Å². The molecule has 0 radical (unpaired) electrons. The van der Waals surface area contributed by atoms with E-state index in [1.54, 1.807) is 5.19 Å². The molecule has 0 aliphatic heterocycles. The quantitative estimate of drug-likeness (QED) is 0.113. The van der Waals surface area contributed by atoms with E-state index in [0.717, 1.165) is 5.75 Å². The summed E-state index contributed by atoms with van der Waals surface area (Å²) in [6, 6.07) is 35.6. The molecule has 0 spiro atoms. The zero-order valence-corrected chi connectivity index (χ0v) is 37.9. The average molecular weight is 749 g/mol. The highest BCUT2D eigenvalue weighted by Crippen LogP contribution is 2.52. The number of rotatable bonds is 8. The predicted molar refractivity (Wildman–Crippen MR) is 243 cm³/mol. The summed E-state index contributed by atoms with van der Waals surface area (Å²) in [7, 11) is -3.58. The monoisotopic (exact) mass is 748 g/mol. The van der Waals surface area contributed by atoms with Gasteiger partial charge >= 0.3 is 0 Å². The zero-order chi connectivity index (χ0) is 39.5. The van der Waals surface area contributed by atoms with Crippen LogP contribution in [0.25, 0.3) is 33.4 Å². The van der Waals surface area contributed by atoms with E-state index in [1.807, 2.05) is 6.08 Å². The number of ether oxygens (including phenoxy) is 1. The second-order valence-corrected chi connectivity index (χ2v) is 27.2. The van der Waals surface area contributed by atoms with Gasteiger partial charge in [0.1, 0.15) is 12.4 Å². The first-order valence-corrected chi connectivity index (χ1v) is 26.0. The summed E-state index contributed by atoms with van der Waals surface area (Å²) < 4.78 is 6.91. The van der Waals surface area contributed by atoms with Crippen molar-refractivity contribution in [2.24, 2.45) is 0 Å². The zero-order valence-electron chi connectivity index (χ0n) is 35.7. The Labute approximate surface area is 330 Å². The lowest BCUT2D eigenvalue weighted by atomic mass is 9.85. The fourth-order valence-corrected chi connectivity index (χ4v) is 14.8. The Morgan fingerprint density at radius 1 is 0.630 bits per heavy atom. The Morgan fingerprint density at radius 3 is 1.43 bits per heavy atom. The standard InChI is InChI=1S/C51H64OSi2/c1-16-29-52-46-44(30-33(2)47(53(12)13)45(46)51(9,10)11)54(14,15)48-42-31-36(34-17-23-38(24-18-34)49(3,4)5)21-27-40(42)41-28-22-37(32-43(41)48)35-19-25-39(26-20-35)50(6,7)8/h16-28,30-32,48,53H,1,29H2,2-15H3. The minimum atomic E-state index is -2.40. The summed E-state index contributed by atoms with van der Waals surface area (Å²) in [5.41, 5.74) is 16.7. The van der Waals surface area contributed by atoms with Gasteiger partial charge in [-0.25, -0.2) is 0 Å². The molecule has 6 rings (SSSR count). The van der Waals surface area contributed by atoms with Crippen molar-refractivity contribution < 1.29 is 4.74 Å². The summed E-state index contributed by atoms with van der Waals surface area (Å²) in [6.45, 7) is 37.9. The van der Waals surface area contributed by atoms with Crippen LogP contribution in [-0.4, -0.2) is 23.5 Å². The first kappa shape index (κ1) is 39.8. The molecule has 1 aliphatic carbocycles. The highest BCUT2D eigenvalue weighted by Gasteiger charge is 2.45. The van der Waals surface area contributed by atoms with Gasteiger partial charge in [-0.1, -0.05) is 203 Å². The van der Waals surface area contributed by atoms with Gasteiger partial charge < -0.3 is 4.74 Å². The summed E-state index contributed by atoms with van der Waals surface area (Å²) in [6.07, 6.45) is 1.91. The molecule has 3 heteroatoms. The van der Waals surface area contributed by atoms with Gasteiger partial charge in [-0.2, -0.15) is 0 Å². The van der Waals surface area contributed by atoms with Crippen molar-refractivity contribution in [3.8, 4) is 39.1 Å². The highest BCUT2D eigenvalue weighted by molar-refractivity contribution is 6.92. The molecular weight excluding hydrogens is 685 g/mol. The summed E-state index contributed by atoms with van der Waals surface area (Å²) >= 11 is 0. The molecule has 0 saturated carbocycles. The van der Waals surface area contributed by atoms with Crippen LogP contribution in [0.4, 0.5) is 0 Å². The van der Waals surface area contributed by atoms with E-state index < -0.39 is 16.9 Å². The van der Waals surface area contributed by atoms with Gasteiger partial charge in [-0.05, 0) is 89.6 Å². The van der Waals surface area contributed by atoms with Crippen LogP contribution in [0.5, 0.6) is 5.75 Å². The predicted octanol–water partition coefficient (Wildman–Crippen LogP) is 12.7. The summed E-state index contributed by atoms with van der Waals surface area (Å²) in [5.74, 6) is 1.12. The van der Waals surface area contributed by atoms with Gasteiger partial charge in [0.05, 0.1) is 16.9 Å². The van der Waals surface area contributed by atoms with Crippen LogP contribution < -0.4 is 15.1 Å². The maximum Gasteiger partial charge on any atom is 0.122 e. The summed E-state index contributed by atoms with van der Waals surface area (Å²) in [5, 5.41) is 2.98. The van der Waals surface area contributed by atoms with Crippen LogP contribution in [0.15, 0.2) is 104 Å². The Bertz CT molecular complexity index is 2070. The second-order valence-electron chi connectivity index (χ2n) is 19.8. The van der Waals surface area contributed by atoms with E-state index in [-0.39, 0.29) is 21.8 Å². The van der Waals surface area contributed by atoms with E-state index >= 15 is 0 Å². The van der Waals surface area contributed by atoms with E-state index in [9.17, 15) is 0 Å². The number of hydrogen-bond donors (Lipinski definition) is 0. The maximum absolute atomic E-state index is 6.91. The fourth-order valence-electron chi connectivity index (χ4n) is 8.95. The number of aryl methyl sites for hydroxylation is 1. The molecule has 0 bridgehead atoms. The number of benzene rings is 5. The molecule has 1 aliphatic rings. The SMILES string of the molecule is C=CCOc1c([Si](C)(C)C2c3cc(-c4ccc(C(C)(C)C)cc4)ccc3-c3ccc(-c4ccc(C(C)(C)C)cc4)cc32)cc(C)c([SiH](C)C)c1C(C)(C)C. The van der Waals surface area contributed by atoms with Gasteiger partial charge in [0, 0.05) is 5.54 Å². The molecule has 282 valence electrons. The molecular formula is C51H64OSi2. The van der Waals surface area contributed by atoms with Gasteiger partial charge in [0.25, 0.3) is 0 Å². The maximum atomic E-state index is 6.91. The molecule has 5 aromatic carbocycles. The van der Waals surface area contributed by atoms with Gasteiger partial charge in [-0.15, -0.1) is 0 Å². The average Bonchev–Trinajstić information content (AvgIpc) is 3.43. The molecule has 0 saturated heterocycles. The summed E-state index contributed by atoms with van der Waals surface area (Å²) in [4.78, 5) is 0. The van der Waals surface area contributed by atoms with Crippen molar-refractivity contribution in [2.45, 2.75) is 117 Å². The lowest BCUT2D eigenvalue weighted by molar-refractivity contribution is 0.354. The molecule has 0 N–H and O–H groups in total. The van der Waals surface area contributed by atoms with Gasteiger partial charge in [0.15, 0.2) is 0 Å². The van der Waals surface area contributed by atoms with Crippen LogP contribution in [-0.2, 0) is 16.2 Å². The van der Waals surface area contributed by atoms with Crippen molar-refractivity contribution in [2.75, 3.05) is 6.61 Å². The molecule has 0 heterocycles. The first-order valence-electron chi connectivity index (χ1n) is 20.1. The molecule has 5 aromatic rings. The van der Waals surface area contributed by atoms with Crippen LogP contribution in [0.3, 0.4) is 0 Å². The third kappa shape index (κ3) is 7.39. The third-order valence-electron chi connectivity index (χ3n) is 11.8. The molecule has 0 amide bonds. The minimum Gasteiger partial charge on any atom is -0.489 e. The number of fused-ring (bicyclic) bond motifs is 3. The fraction of sp³-hybridized carbons (Fsp3) is 0.373. The lowest BCUT2D eigenvalue weighted by Gasteiger charge is -2.38. The van der Waals surface area contributed by atoms with Crippen LogP contribution in [0.2, 0.25) is 26.2 Å². The topological polar surface area (TPSA) is 9.23 Å². The van der Waals surface area contributed by atoms with Crippen LogP contribution >= 0.6 is 0 Å².